The summed E-state index contributed by atoms with van der Waals surface area (Å²) < 4.78 is 13.6. The Morgan fingerprint density at radius 2 is 1.07 bits per heavy atom. The number of hydrogen-bond donors (Lipinski definition) is 0. The number of para-hydroxylation sites is 3. The standard InChI is InChI=1S/C65H50N4O/c1-65(2,3)42-50-39-63(66-43-58(50)48-26-14-7-15-27-48)69-59-37-34-49(45-20-8-4-9-21-45)38-57(59)56-36-35-53(41-62(56)69)70-52-29-18-28-51(40-52)67-44-68(61-33-17-16-32-60(61)67)64-54(46-22-10-5-11-23-46)30-19-31-55(64)47-24-12-6-13-25-47/h4-41,43H,42H2,1-3H3. The highest BCUT2D eigenvalue weighted by atomic mass is 16.5. The van der Waals surface area contributed by atoms with Gasteiger partial charge >= 0.3 is 0 Å². The Balaban J connectivity index is 0.979. The monoisotopic (exact) mass is 902 g/mol. The largest absolute Gasteiger partial charge is 0.458 e. The summed E-state index contributed by atoms with van der Waals surface area (Å²) in [4.78, 5) is 5.24. The van der Waals surface area contributed by atoms with E-state index in [-0.39, 0.29) is 5.41 Å². The van der Waals surface area contributed by atoms with E-state index < -0.39 is 0 Å². The molecule has 336 valence electrons. The van der Waals surface area contributed by atoms with Crippen molar-refractivity contribution in [1.82, 2.24) is 14.1 Å². The molecule has 0 fully saturated rings. The minimum Gasteiger partial charge on any atom is -0.458 e. The minimum atomic E-state index is 0.0613. The van der Waals surface area contributed by atoms with Gasteiger partial charge in [-0.25, -0.2) is 4.98 Å². The Morgan fingerprint density at radius 1 is 0.471 bits per heavy atom. The van der Waals surface area contributed by atoms with Crippen molar-refractivity contribution in [2.45, 2.75) is 27.2 Å². The fourth-order valence-electron chi connectivity index (χ4n) is 10.0. The van der Waals surface area contributed by atoms with Crippen LogP contribution in [0.25, 0.3) is 94.5 Å². The molecule has 0 bridgehead atoms. The first-order valence-electron chi connectivity index (χ1n) is 24.0. The van der Waals surface area contributed by atoms with E-state index in [4.69, 9.17) is 9.72 Å². The van der Waals surface area contributed by atoms with Gasteiger partial charge in [0.1, 0.15) is 17.3 Å². The normalized spacial score (nSPS) is 11.7. The molecule has 0 aliphatic carbocycles. The molecule has 3 aromatic heterocycles. The molecular weight excluding hydrogens is 853 g/mol. The third kappa shape index (κ3) is 8.01. The number of rotatable bonds is 10. The molecule has 0 aliphatic heterocycles. The molecule has 0 saturated heterocycles. The molecule has 0 N–H and O–H groups in total. The first-order valence-corrected chi connectivity index (χ1v) is 24.0. The lowest BCUT2D eigenvalue weighted by Gasteiger charge is -2.21. The van der Waals surface area contributed by atoms with E-state index in [1.807, 2.05) is 6.07 Å². The molecule has 12 aromatic rings. The molecule has 9 aromatic carbocycles. The van der Waals surface area contributed by atoms with Crippen molar-refractivity contribution in [2.75, 3.05) is 0 Å². The molecular formula is C65H50N4O. The van der Waals surface area contributed by atoms with Crippen LogP contribution in [0.1, 0.15) is 26.3 Å². The Kier molecular flexibility index (Phi) is 10.8. The zero-order valence-electron chi connectivity index (χ0n) is 39.4. The molecule has 0 amide bonds. The van der Waals surface area contributed by atoms with Crippen LogP contribution < -0.4 is 9.30 Å². The van der Waals surface area contributed by atoms with E-state index >= 15 is 0 Å². The fraction of sp³-hybridized carbons (Fsp3) is 0.0769. The number of nitrogens with zero attached hydrogens (tertiary/aromatic N) is 4. The van der Waals surface area contributed by atoms with E-state index in [1.54, 1.807) is 0 Å². The summed E-state index contributed by atoms with van der Waals surface area (Å²) >= 11 is 0. The van der Waals surface area contributed by atoms with Crippen molar-refractivity contribution in [2.24, 2.45) is 5.41 Å². The van der Waals surface area contributed by atoms with Gasteiger partial charge < -0.3 is 4.74 Å². The first-order chi connectivity index (χ1) is 34.3. The van der Waals surface area contributed by atoms with Gasteiger partial charge in [-0.2, -0.15) is 0 Å². The molecule has 3 heterocycles. The molecule has 0 atom stereocenters. The van der Waals surface area contributed by atoms with Crippen LogP contribution in [0.4, 0.5) is 0 Å². The highest BCUT2D eigenvalue weighted by Crippen LogP contribution is 2.40. The summed E-state index contributed by atoms with van der Waals surface area (Å²) in [5, 5.41) is 2.28. The van der Waals surface area contributed by atoms with Gasteiger partial charge in [-0.1, -0.05) is 197 Å². The average molecular weight is 903 g/mol. The summed E-state index contributed by atoms with van der Waals surface area (Å²) in [5.41, 5.74) is 16.7. The zero-order chi connectivity index (χ0) is 47.2. The van der Waals surface area contributed by atoms with Gasteiger partial charge in [-0.15, -0.1) is 0 Å². The molecule has 5 heteroatoms. The predicted molar refractivity (Wildman–Crippen MR) is 287 cm³/mol. The van der Waals surface area contributed by atoms with Crippen LogP contribution in [-0.2, 0) is 6.42 Å². The van der Waals surface area contributed by atoms with Gasteiger partial charge in [-0.05, 0) is 105 Å². The van der Waals surface area contributed by atoms with Crippen LogP contribution in [-0.4, -0.2) is 14.1 Å². The van der Waals surface area contributed by atoms with Crippen molar-refractivity contribution in [3.05, 3.63) is 249 Å². The van der Waals surface area contributed by atoms with Gasteiger partial charge in [0.25, 0.3) is 6.33 Å². The second-order valence-corrected chi connectivity index (χ2v) is 19.2. The maximum Gasteiger partial charge on any atom is 0.269 e. The van der Waals surface area contributed by atoms with Gasteiger partial charge in [0.05, 0.1) is 33.4 Å². The molecule has 0 aliphatic rings. The van der Waals surface area contributed by atoms with Crippen LogP contribution in [0.5, 0.6) is 11.5 Å². The number of aromatic nitrogens is 4. The Hall–Kier alpha value is -8.80. The molecule has 0 spiro atoms. The van der Waals surface area contributed by atoms with Crippen LogP contribution in [0.15, 0.2) is 237 Å². The Bertz CT molecular complexity index is 3790. The van der Waals surface area contributed by atoms with Gasteiger partial charge in [-0.3, -0.25) is 13.7 Å². The second-order valence-electron chi connectivity index (χ2n) is 19.2. The van der Waals surface area contributed by atoms with E-state index in [9.17, 15) is 0 Å². The fourth-order valence-corrected chi connectivity index (χ4v) is 10.0. The Labute approximate surface area is 408 Å². The van der Waals surface area contributed by atoms with Crippen molar-refractivity contribution >= 4 is 32.8 Å². The maximum absolute atomic E-state index is 6.88. The predicted octanol–water partition coefficient (Wildman–Crippen LogP) is 16.2. The summed E-state index contributed by atoms with van der Waals surface area (Å²) in [5.74, 6) is 2.32. The lowest BCUT2D eigenvalue weighted by Crippen LogP contribution is -2.31. The second kappa shape index (κ2) is 17.7. The third-order valence-electron chi connectivity index (χ3n) is 13.2. The highest BCUT2D eigenvalue weighted by molar-refractivity contribution is 6.10. The summed E-state index contributed by atoms with van der Waals surface area (Å²) in [6.45, 7) is 6.90. The number of ether oxygens (including phenoxy) is 1. The van der Waals surface area contributed by atoms with Crippen molar-refractivity contribution < 1.29 is 9.30 Å². The highest BCUT2D eigenvalue weighted by Gasteiger charge is 2.22. The SMILES string of the molecule is CC(C)(C)Cc1cc(-n2c3ccc(-c4ccccc4)cc3c3ccc(Oc4cccc(-n5[c-][n+](-c6c(-c7ccccc7)cccc6-c6ccccc6)c6ccccc65)c4)cc32)ncc1-c1ccccc1. The number of hydrogen-bond acceptors (Lipinski definition) is 2. The Morgan fingerprint density at radius 3 is 1.74 bits per heavy atom. The van der Waals surface area contributed by atoms with Gasteiger partial charge in [0.2, 0.25) is 0 Å². The van der Waals surface area contributed by atoms with Gasteiger partial charge in [0, 0.05) is 28.6 Å². The molecule has 5 nitrogen and oxygen atoms in total. The summed E-state index contributed by atoms with van der Waals surface area (Å²) in [7, 11) is 0. The average Bonchev–Trinajstić information content (AvgIpc) is 3.94. The van der Waals surface area contributed by atoms with Gasteiger partial charge in [0.15, 0.2) is 0 Å². The quantitative estimate of drug-likeness (QED) is 0.101. The summed E-state index contributed by atoms with van der Waals surface area (Å²) in [6.07, 6.45) is 6.77. The number of fused-ring (bicyclic) bond motifs is 4. The van der Waals surface area contributed by atoms with Crippen LogP contribution in [0.3, 0.4) is 0 Å². The van der Waals surface area contributed by atoms with Crippen LogP contribution in [0.2, 0.25) is 0 Å². The van der Waals surface area contributed by atoms with E-state index in [1.165, 1.54) is 22.3 Å². The van der Waals surface area contributed by atoms with Crippen molar-refractivity contribution in [3.8, 4) is 73.2 Å². The lowest BCUT2D eigenvalue weighted by atomic mass is 9.85. The molecule has 12 rings (SSSR count). The topological polar surface area (TPSA) is 35.9 Å². The molecule has 0 unspecified atom stereocenters. The lowest BCUT2D eigenvalue weighted by molar-refractivity contribution is -0.571. The zero-order valence-corrected chi connectivity index (χ0v) is 39.4. The van der Waals surface area contributed by atoms with Crippen LogP contribution >= 0.6 is 0 Å². The number of benzene rings is 9. The first kappa shape index (κ1) is 42.5. The maximum atomic E-state index is 6.88. The number of pyridine rings is 1. The summed E-state index contributed by atoms with van der Waals surface area (Å²) in [6, 6.07) is 81.3. The van der Waals surface area contributed by atoms with E-state index in [0.29, 0.717) is 0 Å². The molecule has 70 heavy (non-hydrogen) atoms. The minimum absolute atomic E-state index is 0.0613. The third-order valence-corrected chi connectivity index (χ3v) is 13.2. The number of imidazole rings is 1. The molecule has 0 radical (unpaired) electrons. The van der Waals surface area contributed by atoms with E-state index in [2.05, 4.69) is 271 Å². The smallest absolute Gasteiger partial charge is 0.269 e. The van der Waals surface area contributed by atoms with Crippen LogP contribution in [0, 0.1) is 11.7 Å². The van der Waals surface area contributed by atoms with Crippen molar-refractivity contribution in [3.63, 3.8) is 0 Å². The van der Waals surface area contributed by atoms with E-state index in [0.717, 1.165) is 95.8 Å². The molecule has 0 saturated carbocycles. The van der Waals surface area contributed by atoms with Crippen molar-refractivity contribution in [1.29, 1.82) is 0 Å².